The monoisotopic (exact) mass is 307 g/mol. The van der Waals surface area contributed by atoms with Crippen molar-refractivity contribution < 1.29 is 14.6 Å². The minimum Gasteiger partial charge on any atom is -0.493 e. The summed E-state index contributed by atoms with van der Waals surface area (Å²) in [5.74, 6) is 2.16. The van der Waals surface area contributed by atoms with E-state index in [1.54, 1.807) is 7.11 Å². The molecule has 2 N–H and O–H groups in total. The molecule has 1 fully saturated rings. The van der Waals surface area contributed by atoms with Crippen molar-refractivity contribution in [2.45, 2.75) is 58.3 Å². The molecule has 0 amide bonds. The van der Waals surface area contributed by atoms with E-state index in [9.17, 15) is 5.11 Å². The Balaban J connectivity index is 1.84. The van der Waals surface area contributed by atoms with E-state index in [0.29, 0.717) is 5.92 Å². The molecule has 2 unspecified atom stereocenters. The van der Waals surface area contributed by atoms with E-state index >= 15 is 0 Å². The van der Waals surface area contributed by atoms with Crippen LogP contribution in [0.5, 0.6) is 11.5 Å². The van der Waals surface area contributed by atoms with Gasteiger partial charge in [-0.15, -0.1) is 0 Å². The molecule has 0 aliphatic heterocycles. The summed E-state index contributed by atoms with van der Waals surface area (Å²) in [6.07, 6.45) is 4.28. The van der Waals surface area contributed by atoms with Crippen LogP contribution in [0, 0.1) is 5.92 Å². The SMILES string of the molecule is COc1cc(CNCC2CCCC(O)C2)ccc1OC(C)C. The summed E-state index contributed by atoms with van der Waals surface area (Å²) in [5.41, 5.74) is 1.18. The standard InChI is InChI=1S/C18H29NO3/c1-13(2)22-17-8-7-15(10-18(17)21-3)12-19-11-14-5-4-6-16(20)9-14/h7-8,10,13-14,16,19-20H,4-6,9,11-12H2,1-3H3. The van der Waals surface area contributed by atoms with Crippen molar-refractivity contribution in [1.82, 2.24) is 5.32 Å². The van der Waals surface area contributed by atoms with Crippen molar-refractivity contribution in [1.29, 1.82) is 0 Å². The van der Waals surface area contributed by atoms with Gasteiger partial charge in [-0.1, -0.05) is 12.5 Å². The van der Waals surface area contributed by atoms with Gasteiger partial charge < -0.3 is 19.9 Å². The third-order valence-corrected chi connectivity index (χ3v) is 4.11. The molecule has 1 aromatic rings. The molecular weight excluding hydrogens is 278 g/mol. The predicted molar refractivity (Wildman–Crippen MR) is 88.4 cm³/mol. The lowest BCUT2D eigenvalue weighted by Crippen LogP contribution is -2.28. The average molecular weight is 307 g/mol. The van der Waals surface area contributed by atoms with Gasteiger partial charge in [0.25, 0.3) is 0 Å². The number of ether oxygens (including phenoxy) is 2. The van der Waals surface area contributed by atoms with Crippen LogP contribution >= 0.6 is 0 Å². The lowest BCUT2D eigenvalue weighted by atomic mass is 9.87. The molecule has 124 valence electrons. The fourth-order valence-corrected chi connectivity index (χ4v) is 3.04. The van der Waals surface area contributed by atoms with Crippen LogP contribution in [-0.4, -0.2) is 31.0 Å². The van der Waals surface area contributed by atoms with Gasteiger partial charge in [-0.25, -0.2) is 0 Å². The second-order valence-electron chi connectivity index (χ2n) is 6.47. The lowest BCUT2D eigenvalue weighted by molar-refractivity contribution is 0.101. The number of methoxy groups -OCH3 is 1. The zero-order valence-electron chi connectivity index (χ0n) is 14.0. The Morgan fingerprint density at radius 1 is 1.27 bits per heavy atom. The number of hydrogen-bond donors (Lipinski definition) is 2. The van der Waals surface area contributed by atoms with E-state index < -0.39 is 0 Å². The van der Waals surface area contributed by atoms with E-state index in [1.165, 1.54) is 12.0 Å². The third kappa shape index (κ3) is 5.18. The van der Waals surface area contributed by atoms with Gasteiger partial charge in [0.2, 0.25) is 0 Å². The van der Waals surface area contributed by atoms with Crippen molar-refractivity contribution in [3.63, 3.8) is 0 Å². The summed E-state index contributed by atoms with van der Waals surface area (Å²) in [6, 6.07) is 6.07. The molecule has 1 aliphatic carbocycles. The van der Waals surface area contributed by atoms with E-state index in [1.807, 2.05) is 26.0 Å². The molecule has 1 saturated carbocycles. The van der Waals surface area contributed by atoms with E-state index in [-0.39, 0.29) is 12.2 Å². The van der Waals surface area contributed by atoms with Crippen molar-refractivity contribution in [2.24, 2.45) is 5.92 Å². The second-order valence-corrected chi connectivity index (χ2v) is 6.47. The van der Waals surface area contributed by atoms with Gasteiger partial charge in [-0.05, 0) is 63.3 Å². The molecule has 1 aliphatic rings. The summed E-state index contributed by atoms with van der Waals surface area (Å²) in [6.45, 7) is 5.79. The maximum Gasteiger partial charge on any atom is 0.161 e. The molecule has 0 saturated heterocycles. The smallest absolute Gasteiger partial charge is 0.161 e. The maximum absolute atomic E-state index is 9.71. The zero-order valence-corrected chi connectivity index (χ0v) is 14.0. The number of nitrogens with one attached hydrogen (secondary N) is 1. The quantitative estimate of drug-likeness (QED) is 0.812. The van der Waals surface area contributed by atoms with Gasteiger partial charge in [0.1, 0.15) is 0 Å². The maximum atomic E-state index is 9.71. The molecule has 2 rings (SSSR count). The minimum atomic E-state index is -0.104. The van der Waals surface area contributed by atoms with Crippen LogP contribution < -0.4 is 14.8 Å². The molecule has 4 nitrogen and oxygen atoms in total. The topological polar surface area (TPSA) is 50.7 Å². The Morgan fingerprint density at radius 3 is 2.77 bits per heavy atom. The first kappa shape index (κ1) is 17.1. The number of rotatable bonds is 7. The van der Waals surface area contributed by atoms with Crippen LogP contribution in [-0.2, 0) is 6.54 Å². The molecule has 2 atom stereocenters. The molecule has 22 heavy (non-hydrogen) atoms. The highest BCUT2D eigenvalue weighted by atomic mass is 16.5. The van der Waals surface area contributed by atoms with Gasteiger partial charge in [0, 0.05) is 6.54 Å². The second kappa shape index (κ2) is 8.39. The van der Waals surface area contributed by atoms with Crippen molar-refractivity contribution in [3.05, 3.63) is 23.8 Å². The third-order valence-electron chi connectivity index (χ3n) is 4.11. The fourth-order valence-electron chi connectivity index (χ4n) is 3.04. The summed E-state index contributed by atoms with van der Waals surface area (Å²) in [4.78, 5) is 0. The van der Waals surface area contributed by atoms with E-state index in [0.717, 1.165) is 43.9 Å². The molecular formula is C18H29NO3. The first-order valence-electron chi connectivity index (χ1n) is 8.31. The van der Waals surface area contributed by atoms with Gasteiger partial charge in [0.15, 0.2) is 11.5 Å². The molecule has 0 aromatic heterocycles. The van der Waals surface area contributed by atoms with Gasteiger partial charge in [-0.3, -0.25) is 0 Å². The van der Waals surface area contributed by atoms with Crippen LogP contribution in [0.25, 0.3) is 0 Å². The normalized spacial score (nSPS) is 21.9. The van der Waals surface area contributed by atoms with Gasteiger partial charge >= 0.3 is 0 Å². The highest BCUT2D eigenvalue weighted by molar-refractivity contribution is 5.43. The van der Waals surface area contributed by atoms with Crippen LogP contribution in [0.4, 0.5) is 0 Å². The van der Waals surface area contributed by atoms with Crippen molar-refractivity contribution >= 4 is 0 Å². The van der Waals surface area contributed by atoms with Crippen molar-refractivity contribution in [2.75, 3.05) is 13.7 Å². The number of hydrogen-bond acceptors (Lipinski definition) is 4. The van der Waals surface area contributed by atoms with Crippen LogP contribution in [0.15, 0.2) is 18.2 Å². The Morgan fingerprint density at radius 2 is 2.09 bits per heavy atom. The minimum absolute atomic E-state index is 0.104. The van der Waals surface area contributed by atoms with Gasteiger partial charge in [0.05, 0.1) is 19.3 Å². The Kier molecular flexibility index (Phi) is 6.52. The summed E-state index contributed by atoms with van der Waals surface area (Å²) >= 11 is 0. The van der Waals surface area contributed by atoms with E-state index in [4.69, 9.17) is 9.47 Å². The molecule has 1 aromatic carbocycles. The number of aliphatic hydroxyl groups excluding tert-OH is 1. The molecule has 0 bridgehead atoms. The van der Waals surface area contributed by atoms with Gasteiger partial charge in [-0.2, -0.15) is 0 Å². The Bertz CT molecular complexity index is 462. The highest BCUT2D eigenvalue weighted by Crippen LogP contribution is 2.29. The molecule has 4 heteroatoms. The first-order valence-corrected chi connectivity index (χ1v) is 8.31. The highest BCUT2D eigenvalue weighted by Gasteiger charge is 2.19. The summed E-state index contributed by atoms with van der Waals surface area (Å²) in [5, 5.41) is 13.2. The Labute approximate surface area is 133 Å². The van der Waals surface area contributed by atoms with Crippen LogP contribution in [0.1, 0.15) is 45.1 Å². The fraction of sp³-hybridized carbons (Fsp3) is 0.667. The molecule has 0 spiro atoms. The van der Waals surface area contributed by atoms with Crippen LogP contribution in [0.3, 0.4) is 0 Å². The summed E-state index contributed by atoms with van der Waals surface area (Å²) in [7, 11) is 1.67. The number of benzene rings is 1. The van der Waals surface area contributed by atoms with Crippen molar-refractivity contribution in [3.8, 4) is 11.5 Å². The first-order chi connectivity index (χ1) is 10.6. The van der Waals surface area contributed by atoms with Crippen LogP contribution in [0.2, 0.25) is 0 Å². The molecule has 0 heterocycles. The number of aliphatic hydroxyl groups is 1. The predicted octanol–water partition coefficient (Wildman–Crippen LogP) is 3.12. The largest absolute Gasteiger partial charge is 0.493 e. The van der Waals surface area contributed by atoms with E-state index in [2.05, 4.69) is 11.4 Å². The Hall–Kier alpha value is -1.26. The lowest BCUT2D eigenvalue weighted by Gasteiger charge is -2.26. The average Bonchev–Trinajstić information content (AvgIpc) is 2.48. The molecule has 0 radical (unpaired) electrons. The zero-order chi connectivity index (χ0) is 15.9. The summed E-state index contributed by atoms with van der Waals surface area (Å²) < 4.78 is 11.1.